The number of aliphatic hydroxyl groups is 3. The standard InChI is InChI=1S/C13H24O5/c1-6(7(2)14)13-10(18-13)4-9-5-17-8(3)11(15)12(9)16/h6-16H,4-5H2,1-3H3/t6-,7-,8-,9-,10-,11-,12+,13-/m0/s1. The average Bonchev–Trinajstić information content (AvgIpc) is 3.08. The molecule has 0 aliphatic carbocycles. The Morgan fingerprint density at radius 1 is 1.22 bits per heavy atom. The molecule has 2 aliphatic rings. The summed E-state index contributed by atoms with van der Waals surface area (Å²) in [6.45, 7) is 5.93. The van der Waals surface area contributed by atoms with E-state index < -0.39 is 18.3 Å². The van der Waals surface area contributed by atoms with Crippen molar-refractivity contribution in [3.05, 3.63) is 0 Å². The molecule has 0 aromatic carbocycles. The van der Waals surface area contributed by atoms with Crippen LogP contribution >= 0.6 is 0 Å². The summed E-state index contributed by atoms with van der Waals surface area (Å²) in [6, 6.07) is 0. The monoisotopic (exact) mass is 260 g/mol. The van der Waals surface area contributed by atoms with E-state index in [2.05, 4.69) is 0 Å². The molecule has 2 fully saturated rings. The second kappa shape index (κ2) is 5.43. The highest BCUT2D eigenvalue weighted by Crippen LogP contribution is 2.37. The predicted octanol–water partition coefficient (Wildman–Crippen LogP) is -0.0825. The summed E-state index contributed by atoms with van der Waals surface area (Å²) < 4.78 is 11.0. The number of rotatable bonds is 4. The topological polar surface area (TPSA) is 82.5 Å². The third-order valence-corrected chi connectivity index (χ3v) is 4.32. The van der Waals surface area contributed by atoms with Gasteiger partial charge in [0.15, 0.2) is 0 Å². The van der Waals surface area contributed by atoms with Gasteiger partial charge in [0, 0.05) is 11.8 Å². The zero-order valence-electron chi connectivity index (χ0n) is 11.2. The lowest BCUT2D eigenvalue weighted by Crippen LogP contribution is -2.49. The Labute approximate surface area is 108 Å². The summed E-state index contributed by atoms with van der Waals surface area (Å²) in [5.74, 6) is 0.00731. The van der Waals surface area contributed by atoms with Crippen molar-refractivity contribution in [1.29, 1.82) is 0 Å². The first-order valence-electron chi connectivity index (χ1n) is 6.73. The summed E-state index contributed by atoms with van der Waals surface area (Å²) in [5, 5.41) is 29.2. The van der Waals surface area contributed by atoms with Crippen LogP contribution < -0.4 is 0 Å². The van der Waals surface area contributed by atoms with E-state index in [1.165, 1.54) is 0 Å². The van der Waals surface area contributed by atoms with Crippen molar-refractivity contribution in [2.24, 2.45) is 11.8 Å². The van der Waals surface area contributed by atoms with Gasteiger partial charge in [-0.25, -0.2) is 0 Å². The van der Waals surface area contributed by atoms with Gasteiger partial charge in [-0.15, -0.1) is 0 Å². The molecule has 0 bridgehead atoms. The van der Waals surface area contributed by atoms with Gasteiger partial charge in [-0.3, -0.25) is 0 Å². The van der Waals surface area contributed by atoms with Crippen molar-refractivity contribution < 1.29 is 24.8 Å². The molecule has 3 N–H and O–H groups in total. The fourth-order valence-electron chi connectivity index (χ4n) is 2.62. The Balaban J connectivity index is 1.81. The van der Waals surface area contributed by atoms with Crippen molar-refractivity contribution in [1.82, 2.24) is 0 Å². The second-order valence-corrected chi connectivity index (χ2v) is 5.75. The molecule has 106 valence electrons. The molecule has 0 aromatic heterocycles. The molecule has 2 aliphatic heterocycles. The van der Waals surface area contributed by atoms with E-state index in [1.807, 2.05) is 6.92 Å². The Bertz CT molecular complexity index is 283. The van der Waals surface area contributed by atoms with Crippen LogP contribution in [0.5, 0.6) is 0 Å². The van der Waals surface area contributed by atoms with Crippen LogP contribution in [-0.2, 0) is 9.47 Å². The number of ether oxygens (including phenoxy) is 2. The van der Waals surface area contributed by atoms with Gasteiger partial charge in [0.1, 0.15) is 6.10 Å². The third kappa shape index (κ3) is 2.86. The minimum atomic E-state index is -0.824. The van der Waals surface area contributed by atoms with Crippen molar-refractivity contribution in [2.45, 2.75) is 63.8 Å². The Kier molecular flexibility index (Phi) is 4.29. The van der Waals surface area contributed by atoms with Crippen molar-refractivity contribution >= 4 is 0 Å². The summed E-state index contributed by atoms with van der Waals surface area (Å²) in [4.78, 5) is 0. The van der Waals surface area contributed by atoms with Crippen LogP contribution in [0.3, 0.4) is 0 Å². The molecule has 0 spiro atoms. The fraction of sp³-hybridized carbons (Fsp3) is 1.00. The van der Waals surface area contributed by atoms with Crippen LogP contribution in [0.15, 0.2) is 0 Å². The number of aliphatic hydroxyl groups excluding tert-OH is 3. The molecule has 18 heavy (non-hydrogen) atoms. The molecule has 8 atom stereocenters. The summed E-state index contributed by atoms with van der Waals surface area (Å²) in [6.07, 6.45) is -1.48. The highest BCUT2D eigenvalue weighted by molar-refractivity contribution is 4.95. The number of epoxide rings is 1. The fourth-order valence-corrected chi connectivity index (χ4v) is 2.62. The van der Waals surface area contributed by atoms with Gasteiger partial charge in [0.05, 0.1) is 37.1 Å². The lowest BCUT2D eigenvalue weighted by Gasteiger charge is -2.36. The van der Waals surface area contributed by atoms with Crippen LogP contribution in [0.1, 0.15) is 27.2 Å². The second-order valence-electron chi connectivity index (χ2n) is 5.75. The molecule has 0 amide bonds. The van der Waals surface area contributed by atoms with Gasteiger partial charge in [0.25, 0.3) is 0 Å². The molecule has 0 saturated carbocycles. The summed E-state index contributed by atoms with van der Waals surface area (Å²) >= 11 is 0. The van der Waals surface area contributed by atoms with Gasteiger partial charge in [-0.2, -0.15) is 0 Å². The van der Waals surface area contributed by atoms with Crippen LogP contribution in [0, 0.1) is 11.8 Å². The van der Waals surface area contributed by atoms with Crippen LogP contribution in [0.25, 0.3) is 0 Å². The van der Waals surface area contributed by atoms with Crippen molar-refractivity contribution in [3.63, 3.8) is 0 Å². The molecular formula is C13H24O5. The Morgan fingerprint density at radius 3 is 2.50 bits per heavy atom. The maximum atomic E-state index is 9.98. The van der Waals surface area contributed by atoms with Gasteiger partial charge in [-0.1, -0.05) is 6.92 Å². The van der Waals surface area contributed by atoms with Crippen molar-refractivity contribution in [2.75, 3.05) is 6.61 Å². The summed E-state index contributed by atoms with van der Waals surface area (Å²) in [5.41, 5.74) is 0. The molecule has 5 nitrogen and oxygen atoms in total. The van der Waals surface area contributed by atoms with Gasteiger partial charge < -0.3 is 24.8 Å². The molecule has 2 saturated heterocycles. The van der Waals surface area contributed by atoms with Crippen molar-refractivity contribution in [3.8, 4) is 0 Å². The van der Waals surface area contributed by atoms with Crippen LogP contribution in [0.2, 0.25) is 0 Å². The van der Waals surface area contributed by atoms with E-state index in [0.717, 1.165) is 0 Å². The minimum absolute atomic E-state index is 0.0636. The van der Waals surface area contributed by atoms with E-state index >= 15 is 0 Å². The van der Waals surface area contributed by atoms with Crippen LogP contribution in [-0.4, -0.2) is 58.6 Å². The molecular weight excluding hydrogens is 236 g/mol. The molecule has 0 radical (unpaired) electrons. The zero-order valence-corrected chi connectivity index (χ0v) is 11.2. The zero-order chi connectivity index (χ0) is 13.4. The first kappa shape index (κ1) is 14.2. The SMILES string of the molecule is C[C@H]([C@@H]1O[C@H]1C[C@H]1CO[C@@H](C)[C@H](O)[C@@H]1O)[C@H](C)O. The quantitative estimate of drug-likeness (QED) is 0.616. The largest absolute Gasteiger partial charge is 0.393 e. The predicted molar refractivity (Wildman–Crippen MR) is 65.0 cm³/mol. The summed E-state index contributed by atoms with van der Waals surface area (Å²) in [7, 11) is 0. The molecule has 0 aromatic rings. The highest BCUT2D eigenvalue weighted by atomic mass is 16.6. The lowest BCUT2D eigenvalue weighted by atomic mass is 9.87. The molecule has 2 heterocycles. The molecule has 2 rings (SSSR count). The first-order chi connectivity index (χ1) is 8.41. The van der Waals surface area contributed by atoms with E-state index in [4.69, 9.17) is 9.47 Å². The minimum Gasteiger partial charge on any atom is -0.393 e. The lowest BCUT2D eigenvalue weighted by molar-refractivity contribution is -0.159. The Hall–Kier alpha value is -0.200. The third-order valence-electron chi connectivity index (χ3n) is 4.32. The highest BCUT2D eigenvalue weighted by Gasteiger charge is 2.47. The van der Waals surface area contributed by atoms with Crippen LogP contribution in [0.4, 0.5) is 0 Å². The smallest absolute Gasteiger partial charge is 0.106 e. The molecule has 0 unspecified atom stereocenters. The van der Waals surface area contributed by atoms with Gasteiger partial charge >= 0.3 is 0 Å². The Morgan fingerprint density at radius 2 is 1.89 bits per heavy atom. The van der Waals surface area contributed by atoms with Gasteiger partial charge in [0.2, 0.25) is 0 Å². The van der Waals surface area contributed by atoms with E-state index in [9.17, 15) is 15.3 Å². The number of hydrogen-bond donors (Lipinski definition) is 3. The maximum Gasteiger partial charge on any atom is 0.106 e. The average molecular weight is 260 g/mol. The van der Waals surface area contributed by atoms with E-state index in [-0.39, 0.29) is 30.1 Å². The van der Waals surface area contributed by atoms with E-state index in [0.29, 0.717) is 13.0 Å². The van der Waals surface area contributed by atoms with E-state index in [1.54, 1.807) is 13.8 Å². The maximum absolute atomic E-state index is 9.98. The number of hydrogen-bond acceptors (Lipinski definition) is 5. The first-order valence-corrected chi connectivity index (χ1v) is 6.73. The normalized spacial score (nSPS) is 47.7. The molecule has 5 heteroatoms. The van der Waals surface area contributed by atoms with Gasteiger partial charge in [-0.05, 0) is 20.3 Å².